The first-order valence-electron chi connectivity index (χ1n) is 5.98. The summed E-state index contributed by atoms with van der Waals surface area (Å²) in [5.74, 6) is -2.60. The van der Waals surface area contributed by atoms with Crippen LogP contribution in [0.25, 0.3) is 0 Å². The van der Waals surface area contributed by atoms with Gasteiger partial charge < -0.3 is 10.1 Å². The van der Waals surface area contributed by atoms with Crippen molar-refractivity contribution in [1.29, 1.82) is 0 Å². The van der Waals surface area contributed by atoms with Crippen molar-refractivity contribution < 1.29 is 23.1 Å². The number of hydrogen-bond acceptors (Lipinski definition) is 3. The van der Waals surface area contributed by atoms with Crippen LogP contribution in [-0.2, 0) is 15.1 Å². The summed E-state index contributed by atoms with van der Waals surface area (Å²) in [5, 5.41) is 2.49. The van der Waals surface area contributed by atoms with Gasteiger partial charge in [-0.1, -0.05) is 6.07 Å². The van der Waals surface area contributed by atoms with Gasteiger partial charge >= 0.3 is 6.03 Å². The van der Waals surface area contributed by atoms with Gasteiger partial charge in [-0.15, -0.1) is 0 Å². The van der Waals surface area contributed by atoms with E-state index >= 15 is 0 Å². The Morgan fingerprint density at radius 3 is 2.60 bits per heavy atom. The van der Waals surface area contributed by atoms with Gasteiger partial charge in [-0.2, -0.15) is 0 Å². The second-order valence-corrected chi connectivity index (χ2v) is 4.63. The van der Waals surface area contributed by atoms with Crippen LogP contribution >= 0.6 is 0 Å². The van der Waals surface area contributed by atoms with Crippen molar-refractivity contribution in [1.82, 2.24) is 10.2 Å². The van der Waals surface area contributed by atoms with E-state index in [4.69, 9.17) is 4.74 Å². The highest BCUT2D eigenvalue weighted by Crippen LogP contribution is 2.29. The lowest BCUT2D eigenvalue weighted by Crippen LogP contribution is -2.41. The van der Waals surface area contributed by atoms with E-state index in [1.54, 1.807) is 0 Å². The van der Waals surface area contributed by atoms with Crippen molar-refractivity contribution in [2.45, 2.75) is 12.5 Å². The summed E-state index contributed by atoms with van der Waals surface area (Å²) < 4.78 is 31.1. The zero-order valence-corrected chi connectivity index (χ0v) is 11.1. The maximum Gasteiger partial charge on any atom is 0.325 e. The quantitative estimate of drug-likeness (QED) is 0.850. The van der Waals surface area contributed by atoms with E-state index in [0.29, 0.717) is 0 Å². The summed E-state index contributed by atoms with van der Waals surface area (Å²) in [5.41, 5.74) is -1.21. The number of urea groups is 1. The molecule has 1 aliphatic heterocycles. The van der Waals surface area contributed by atoms with Gasteiger partial charge in [0.2, 0.25) is 0 Å². The van der Waals surface area contributed by atoms with Gasteiger partial charge in [0.1, 0.15) is 5.54 Å². The van der Waals surface area contributed by atoms with Crippen LogP contribution in [-0.4, -0.2) is 37.1 Å². The standard InChI is InChI=1S/C13H14F2N2O3/c1-13(8-3-4-9(14)10(15)7-8)11(18)17(5-6-20-2)12(19)16-13/h3-4,7H,5-6H2,1-2H3,(H,16,19)/t13-/m0/s1. The fourth-order valence-electron chi connectivity index (χ4n) is 2.09. The lowest BCUT2D eigenvalue weighted by Gasteiger charge is -2.22. The van der Waals surface area contributed by atoms with Crippen molar-refractivity contribution >= 4 is 11.9 Å². The summed E-state index contributed by atoms with van der Waals surface area (Å²) in [6.45, 7) is 1.75. The molecule has 0 saturated carbocycles. The Labute approximate surface area is 114 Å². The number of rotatable bonds is 4. The lowest BCUT2D eigenvalue weighted by molar-refractivity contribution is -0.131. The average molecular weight is 284 g/mol. The molecule has 0 spiro atoms. The highest BCUT2D eigenvalue weighted by Gasteiger charge is 2.48. The van der Waals surface area contributed by atoms with Crippen molar-refractivity contribution in [2.24, 2.45) is 0 Å². The molecule has 1 saturated heterocycles. The summed E-state index contributed by atoms with van der Waals surface area (Å²) in [6.07, 6.45) is 0. The molecule has 2 rings (SSSR count). The molecule has 1 aromatic carbocycles. The minimum absolute atomic E-state index is 0.0977. The molecule has 1 atom stereocenters. The maximum absolute atomic E-state index is 13.3. The molecule has 0 unspecified atom stereocenters. The topological polar surface area (TPSA) is 58.6 Å². The first-order chi connectivity index (χ1) is 9.40. The Kier molecular flexibility index (Phi) is 3.71. The zero-order valence-electron chi connectivity index (χ0n) is 11.1. The van der Waals surface area contributed by atoms with E-state index in [0.717, 1.165) is 17.0 Å². The predicted molar refractivity (Wildman–Crippen MR) is 65.8 cm³/mol. The molecule has 0 aromatic heterocycles. The lowest BCUT2D eigenvalue weighted by atomic mass is 9.92. The van der Waals surface area contributed by atoms with E-state index in [-0.39, 0.29) is 18.7 Å². The van der Waals surface area contributed by atoms with Gasteiger partial charge in [-0.05, 0) is 24.6 Å². The molecular weight excluding hydrogens is 270 g/mol. The van der Waals surface area contributed by atoms with Gasteiger partial charge in [0, 0.05) is 7.11 Å². The van der Waals surface area contributed by atoms with Gasteiger partial charge in [0.05, 0.1) is 13.2 Å². The number of halogens is 2. The Bertz CT molecular complexity index is 565. The van der Waals surface area contributed by atoms with Crippen molar-refractivity contribution in [3.05, 3.63) is 35.4 Å². The smallest absolute Gasteiger partial charge is 0.325 e. The van der Waals surface area contributed by atoms with Crippen molar-refractivity contribution in [3.8, 4) is 0 Å². The number of imide groups is 1. The molecule has 1 fully saturated rings. The summed E-state index contributed by atoms with van der Waals surface area (Å²) in [4.78, 5) is 25.1. The first-order valence-corrected chi connectivity index (χ1v) is 5.98. The minimum atomic E-state index is -1.40. The van der Waals surface area contributed by atoms with Crippen LogP contribution < -0.4 is 5.32 Å². The number of amides is 3. The SMILES string of the molecule is COCCN1C(=O)N[C@@](C)(c2ccc(F)c(F)c2)C1=O. The summed E-state index contributed by atoms with van der Waals surface area (Å²) in [6, 6.07) is 2.52. The van der Waals surface area contributed by atoms with Gasteiger partial charge in [-0.25, -0.2) is 13.6 Å². The minimum Gasteiger partial charge on any atom is -0.383 e. The van der Waals surface area contributed by atoms with E-state index in [2.05, 4.69) is 5.32 Å². The van der Waals surface area contributed by atoms with Gasteiger partial charge in [0.25, 0.3) is 5.91 Å². The largest absolute Gasteiger partial charge is 0.383 e. The molecular formula is C13H14F2N2O3. The van der Waals surface area contributed by atoms with Gasteiger partial charge in [0.15, 0.2) is 11.6 Å². The molecule has 1 heterocycles. The van der Waals surface area contributed by atoms with Gasteiger partial charge in [-0.3, -0.25) is 9.69 Å². The number of carbonyl (C=O) groups is 2. The number of nitrogens with one attached hydrogen (secondary N) is 1. The molecule has 0 aliphatic carbocycles. The Balaban J connectivity index is 2.33. The van der Waals surface area contributed by atoms with Crippen LogP contribution in [0.5, 0.6) is 0 Å². The highest BCUT2D eigenvalue weighted by atomic mass is 19.2. The molecule has 1 aromatic rings. The number of hydrogen-bond donors (Lipinski definition) is 1. The highest BCUT2D eigenvalue weighted by molar-refractivity contribution is 6.07. The van der Waals surface area contributed by atoms with Crippen LogP contribution in [0.4, 0.5) is 13.6 Å². The van der Waals surface area contributed by atoms with Crippen LogP contribution in [0.1, 0.15) is 12.5 Å². The molecule has 108 valence electrons. The van der Waals surface area contributed by atoms with E-state index in [1.807, 2.05) is 0 Å². The van der Waals surface area contributed by atoms with Crippen molar-refractivity contribution in [2.75, 3.05) is 20.3 Å². The molecule has 5 nitrogen and oxygen atoms in total. The third-order valence-corrected chi connectivity index (χ3v) is 3.29. The van der Waals surface area contributed by atoms with Crippen molar-refractivity contribution in [3.63, 3.8) is 0 Å². The molecule has 7 heteroatoms. The second kappa shape index (κ2) is 5.16. The number of carbonyl (C=O) groups excluding carboxylic acids is 2. The molecule has 20 heavy (non-hydrogen) atoms. The second-order valence-electron chi connectivity index (χ2n) is 4.63. The van der Waals surface area contributed by atoms with E-state index < -0.39 is 29.1 Å². The molecule has 0 radical (unpaired) electrons. The Hall–Kier alpha value is -2.02. The number of nitrogens with zero attached hydrogens (tertiary/aromatic N) is 1. The van der Waals surface area contributed by atoms with Crippen LogP contribution in [0.15, 0.2) is 18.2 Å². The number of methoxy groups -OCH3 is 1. The summed E-state index contributed by atoms with van der Waals surface area (Å²) >= 11 is 0. The average Bonchev–Trinajstić information content (AvgIpc) is 2.62. The van der Waals surface area contributed by atoms with Crippen LogP contribution in [0, 0.1) is 11.6 Å². The molecule has 1 N–H and O–H groups in total. The Morgan fingerprint density at radius 2 is 2.00 bits per heavy atom. The third kappa shape index (κ3) is 2.24. The third-order valence-electron chi connectivity index (χ3n) is 3.29. The Morgan fingerprint density at radius 1 is 1.30 bits per heavy atom. The number of ether oxygens (including phenoxy) is 1. The fraction of sp³-hybridized carbons (Fsp3) is 0.385. The van der Waals surface area contributed by atoms with E-state index in [9.17, 15) is 18.4 Å². The first kappa shape index (κ1) is 14.4. The van der Waals surface area contributed by atoms with E-state index in [1.165, 1.54) is 20.1 Å². The maximum atomic E-state index is 13.3. The molecule has 1 aliphatic rings. The molecule has 0 bridgehead atoms. The molecule has 3 amide bonds. The van der Waals surface area contributed by atoms with Crippen LogP contribution in [0.2, 0.25) is 0 Å². The number of benzene rings is 1. The van der Waals surface area contributed by atoms with Crippen LogP contribution in [0.3, 0.4) is 0 Å². The zero-order chi connectivity index (χ0) is 14.9. The normalized spacial score (nSPS) is 22.3. The summed E-state index contributed by atoms with van der Waals surface area (Å²) in [7, 11) is 1.45. The monoisotopic (exact) mass is 284 g/mol. The fourth-order valence-corrected chi connectivity index (χ4v) is 2.09. The predicted octanol–water partition coefficient (Wildman–Crippen LogP) is 1.38.